The number of likely N-dealkylation sites (tertiary alicyclic amines) is 2. The molecular weight excluding hydrogens is 517 g/mol. The van der Waals surface area contributed by atoms with Crippen molar-refractivity contribution in [1.82, 2.24) is 9.80 Å². The molecule has 6 rings (SSSR count). The average Bonchev–Trinajstić information content (AvgIpc) is 3.71. The van der Waals surface area contributed by atoms with Crippen molar-refractivity contribution >= 4 is 23.2 Å². The molecule has 5 fully saturated rings. The highest BCUT2D eigenvalue weighted by atomic mass is 19.4. The highest BCUT2D eigenvalue weighted by molar-refractivity contribution is 6.01. The van der Waals surface area contributed by atoms with Crippen LogP contribution < -0.4 is 9.80 Å². The summed E-state index contributed by atoms with van der Waals surface area (Å²) in [6.07, 6.45) is 5.70. The van der Waals surface area contributed by atoms with E-state index in [0.29, 0.717) is 50.1 Å². The standard InChI is InChI=1S/C31H43F3N4O2/c1-22-6-4-5-15-37(22)25-11-16-36(21-25)24-9-10-27(26(20-24)31(32,33)34)38-19-14-30(29(38)40)12-17-35(18-13-30)28(39)23-7-2-3-8-23/h9-10,20,22-23,25H,2-8,11-19,21H2,1H3/t22-,25-/m0/s1. The second kappa shape index (κ2) is 10.8. The van der Waals surface area contributed by atoms with Crippen molar-refractivity contribution in [2.75, 3.05) is 49.1 Å². The largest absolute Gasteiger partial charge is 0.418 e. The van der Waals surface area contributed by atoms with Crippen molar-refractivity contribution in [2.45, 2.75) is 95.8 Å². The van der Waals surface area contributed by atoms with Gasteiger partial charge in [-0.05, 0) is 83.0 Å². The average molecular weight is 561 g/mol. The summed E-state index contributed by atoms with van der Waals surface area (Å²) in [7, 11) is 0. The molecule has 2 atom stereocenters. The topological polar surface area (TPSA) is 47.1 Å². The van der Waals surface area contributed by atoms with Crippen LogP contribution in [0.4, 0.5) is 24.5 Å². The quantitative estimate of drug-likeness (QED) is 0.475. The number of piperidine rings is 2. The summed E-state index contributed by atoms with van der Waals surface area (Å²) < 4.78 is 43.3. The number of anilines is 2. The van der Waals surface area contributed by atoms with Gasteiger partial charge < -0.3 is 14.7 Å². The van der Waals surface area contributed by atoms with Crippen molar-refractivity contribution in [3.05, 3.63) is 23.8 Å². The summed E-state index contributed by atoms with van der Waals surface area (Å²) in [5.74, 6) is 0.0920. The number of nitrogens with zero attached hydrogens (tertiary/aromatic N) is 4. The second-order valence-corrected chi connectivity index (χ2v) is 13.0. The van der Waals surface area contributed by atoms with E-state index >= 15 is 0 Å². The lowest BCUT2D eigenvalue weighted by molar-refractivity contribution is -0.141. The summed E-state index contributed by atoms with van der Waals surface area (Å²) in [6.45, 7) is 6.14. The zero-order valence-corrected chi connectivity index (χ0v) is 23.7. The summed E-state index contributed by atoms with van der Waals surface area (Å²) >= 11 is 0. The molecule has 6 nitrogen and oxygen atoms in total. The number of carbonyl (C=O) groups is 2. The van der Waals surface area contributed by atoms with Gasteiger partial charge in [0.1, 0.15) is 0 Å². The molecule has 4 aliphatic heterocycles. The Morgan fingerprint density at radius 2 is 1.60 bits per heavy atom. The monoisotopic (exact) mass is 560 g/mol. The van der Waals surface area contributed by atoms with Crippen LogP contribution in [-0.2, 0) is 15.8 Å². The van der Waals surface area contributed by atoms with E-state index in [1.54, 1.807) is 6.07 Å². The van der Waals surface area contributed by atoms with E-state index in [4.69, 9.17) is 0 Å². The molecule has 4 saturated heterocycles. The van der Waals surface area contributed by atoms with Crippen molar-refractivity contribution in [3.63, 3.8) is 0 Å². The summed E-state index contributed by atoms with van der Waals surface area (Å²) in [5, 5.41) is 0. The van der Waals surface area contributed by atoms with E-state index in [1.165, 1.54) is 36.3 Å². The first-order valence-electron chi connectivity index (χ1n) is 15.5. The van der Waals surface area contributed by atoms with Crippen LogP contribution in [0.5, 0.6) is 0 Å². The van der Waals surface area contributed by atoms with Gasteiger partial charge in [-0.1, -0.05) is 19.3 Å². The third-order valence-corrected chi connectivity index (χ3v) is 10.7. The van der Waals surface area contributed by atoms with Gasteiger partial charge >= 0.3 is 6.18 Å². The molecule has 0 aromatic heterocycles. The van der Waals surface area contributed by atoms with E-state index < -0.39 is 17.2 Å². The third-order valence-electron chi connectivity index (χ3n) is 10.7. The molecule has 4 heterocycles. The van der Waals surface area contributed by atoms with Crippen LogP contribution in [0, 0.1) is 11.3 Å². The molecule has 0 radical (unpaired) electrons. The van der Waals surface area contributed by atoms with Gasteiger partial charge in [-0.3, -0.25) is 14.5 Å². The lowest BCUT2D eigenvalue weighted by atomic mass is 9.77. The first kappa shape index (κ1) is 27.9. The van der Waals surface area contributed by atoms with Crippen molar-refractivity contribution in [1.29, 1.82) is 0 Å². The highest BCUT2D eigenvalue weighted by Gasteiger charge is 2.51. The Bertz CT molecular complexity index is 1110. The van der Waals surface area contributed by atoms with Crippen LogP contribution in [0.3, 0.4) is 0 Å². The number of carbonyl (C=O) groups excluding carboxylic acids is 2. The molecule has 5 aliphatic rings. The molecule has 1 aliphatic carbocycles. The van der Waals surface area contributed by atoms with Crippen LogP contribution in [0.25, 0.3) is 0 Å². The fourth-order valence-electron chi connectivity index (χ4n) is 8.19. The Kier molecular flexibility index (Phi) is 7.55. The third kappa shape index (κ3) is 5.12. The van der Waals surface area contributed by atoms with E-state index in [0.717, 1.165) is 51.7 Å². The van der Waals surface area contributed by atoms with Crippen molar-refractivity contribution in [3.8, 4) is 0 Å². The van der Waals surface area contributed by atoms with E-state index in [2.05, 4.69) is 16.7 Å². The summed E-state index contributed by atoms with van der Waals surface area (Å²) in [6, 6.07) is 5.44. The predicted octanol–water partition coefficient (Wildman–Crippen LogP) is 5.69. The van der Waals surface area contributed by atoms with Crippen LogP contribution in [-0.4, -0.2) is 73.0 Å². The predicted molar refractivity (Wildman–Crippen MR) is 149 cm³/mol. The molecule has 1 saturated carbocycles. The van der Waals surface area contributed by atoms with Crippen LogP contribution in [0.15, 0.2) is 18.2 Å². The minimum Gasteiger partial charge on any atom is -0.370 e. The molecule has 9 heteroatoms. The molecule has 0 unspecified atom stereocenters. The number of hydrogen-bond donors (Lipinski definition) is 0. The lowest BCUT2D eigenvalue weighted by Crippen LogP contribution is -2.48. The molecule has 0 bridgehead atoms. The SMILES string of the molecule is C[C@H]1CCCCN1[C@H]1CCN(c2ccc(N3CCC4(CCN(C(=O)C5CCCC5)CC4)C3=O)c(C(F)(F)F)c2)C1. The Morgan fingerprint density at radius 3 is 2.30 bits per heavy atom. The second-order valence-electron chi connectivity index (χ2n) is 13.0. The van der Waals surface area contributed by atoms with Crippen molar-refractivity contribution < 1.29 is 22.8 Å². The Morgan fingerprint density at radius 1 is 0.900 bits per heavy atom. The summed E-state index contributed by atoms with van der Waals surface area (Å²) in [5.41, 5.74) is -0.827. The first-order valence-corrected chi connectivity index (χ1v) is 15.5. The van der Waals surface area contributed by atoms with E-state index in [1.807, 2.05) is 4.90 Å². The van der Waals surface area contributed by atoms with Gasteiger partial charge in [-0.25, -0.2) is 0 Å². The first-order chi connectivity index (χ1) is 19.2. The van der Waals surface area contributed by atoms with Gasteiger partial charge in [0.15, 0.2) is 0 Å². The lowest BCUT2D eigenvalue weighted by Gasteiger charge is -2.39. The van der Waals surface area contributed by atoms with Crippen molar-refractivity contribution in [2.24, 2.45) is 11.3 Å². The minimum atomic E-state index is -4.56. The van der Waals surface area contributed by atoms with Crippen LogP contribution in [0.1, 0.15) is 83.1 Å². The van der Waals surface area contributed by atoms with E-state index in [9.17, 15) is 22.8 Å². The molecular formula is C31H43F3N4O2. The van der Waals surface area contributed by atoms with Gasteiger partial charge in [0.25, 0.3) is 0 Å². The maximum absolute atomic E-state index is 14.4. The Balaban J connectivity index is 1.16. The fraction of sp³-hybridized carbons (Fsp3) is 0.742. The van der Waals surface area contributed by atoms with Crippen LogP contribution >= 0.6 is 0 Å². The maximum atomic E-state index is 14.4. The number of hydrogen-bond acceptors (Lipinski definition) is 4. The Labute approximate surface area is 235 Å². The zero-order valence-electron chi connectivity index (χ0n) is 23.7. The molecule has 1 spiro atoms. The fourth-order valence-corrected chi connectivity index (χ4v) is 8.19. The molecule has 40 heavy (non-hydrogen) atoms. The molecule has 1 aromatic rings. The van der Waals surface area contributed by atoms with Gasteiger partial charge in [0.05, 0.1) is 16.7 Å². The number of benzene rings is 1. The minimum absolute atomic E-state index is 0.0250. The summed E-state index contributed by atoms with van der Waals surface area (Å²) in [4.78, 5) is 34.5. The smallest absolute Gasteiger partial charge is 0.370 e. The van der Waals surface area contributed by atoms with Gasteiger partial charge in [-0.2, -0.15) is 13.2 Å². The number of amides is 2. The number of halogens is 3. The van der Waals surface area contributed by atoms with Gasteiger partial charge in [0.2, 0.25) is 11.8 Å². The molecule has 1 aromatic carbocycles. The van der Waals surface area contributed by atoms with Crippen LogP contribution in [0.2, 0.25) is 0 Å². The Hall–Kier alpha value is -2.29. The van der Waals surface area contributed by atoms with Gasteiger partial charge in [0, 0.05) is 56.4 Å². The molecule has 2 amide bonds. The zero-order chi connectivity index (χ0) is 28.1. The highest BCUT2D eigenvalue weighted by Crippen LogP contribution is 2.47. The molecule has 0 N–H and O–H groups in total. The normalized spacial score (nSPS) is 28.3. The number of alkyl halides is 3. The van der Waals surface area contributed by atoms with E-state index in [-0.39, 0.29) is 30.0 Å². The molecule has 220 valence electrons. The maximum Gasteiger partial charge on any atom is 0.418 e. The van der Waals surface area contributed by atoms with Gasteiger partial charge in [-0.15, -0.1) is 0 Å². The number of rotatable bonds is 4.